The first-order valence-electron chi connectivity index (χ1n) is 12.1. The molecule has 4 aromatic heterocycles. The predicted molar refractivity (Wildman–Crippen MR) is 147 cm³/mol. The van der Waals surface area contributed by atoms with Gasteiger partial charge in [0.05, 0.1) is 22.9 Å². The van der Waals surface area contributed by atoms with Gasteiger partial charge in [-0.2, -0.15) is 0 Å². The molecule has 0 aliphatic heterocycles. The summed E-state index contributed by atoms with van der Waals surface area (Å²) in [7, 11) is 0. The molecule has 178 valence electrons. The van der Waals surface area contributed by atoms with Crippen LogP contribution in [0.5, 0.6) is 0 Å². The quantitative estimate of drug-likeness (QED) is 0.315. The summed E-state index contributed by atoms with van der Waals surface area (Å²) in [5, 5.41) is 6.95. The number of nitrogens with two attached hydrogens (primary N) is 1. The van der Waals surface area contributed by atoms with Crippen LogP contribution in [-0.2, 0) is 13.0 Å². The minimum atomic E-state index is 0.578. The average molecular weight is 473 g/mol. The number of hydrogen-bond acceptors (Lipinski definition) is 5. The molecule has 0 amide bonds. The molecule has 36 heavy (non-hydrogen) atoms. The fraction of sp³-hybridized carbons (Fsp3) is 0.167. The number of aromatic nitrogens is 4. The highest BCUT2D eigenvalue weighted by Gasteiger charge is 2.11. The van der Waals surface area contributed by atoms with Crippen LogP contribution in [0.15, 0.2) is 73.3 Å². The number of imidazole rings is 1. The van der Waals surface area contributed by atoms with E-state index >= 15 is 0 Å². The standard InChI is InChI=1S/C30H28N6/c1-18-10-22-12-21(4-7-28(22)34-14-18)13-29-35-15-24-6-5-23(17-36(24)29)33-16-27-19(2)11-26-25(20(27)3)8-9-32-30(26)31/h4-12,14-15,17,33H,13,16H2,1-3H3,(H2,31,32). The summed E-state index contributed by atoms with van der Waals surface area (Å²) in [5.41, 5.74) is 15.4. The van der Waals surface area contributed by atoms with E-state index < -0.39 is 0 Å². The number of fused-ring (bicyclic) bond motifs is 3. The molecule has 0 radical (unpaired) electrons. The Balaban J connectivity index is 1.28. The Morgan fingerprint density at radius 3 is 2.67 bits per heavy atom. The number of nitrogens with one attached hydrogen (secondary N) is 1. The van der Waals surface area contributed by atoms with E-state index in [1.807, 2.05) is 18.5 Å². The van der Waals surface area contributed by atoms with E-state index in [1.165, 1.54) is 27.8 Å². The number of hydrogen-bond donors (Lipinski definition) is 2. The molecule has 0 saturated heterocycles. The minimum Gasteiger partial charge on any atom is -0.383 e. The van der Waals surface area contributed by atoms with Gasteiger partial charge >= 0.3 is 0 Å². The van der Waals surface area contributed by atoms with Gasteiger partial charge in [0.25, 0.3) is 0 Å². The molecule has 0 aliphatic carbocycles. The van der Waals surface area contributed by atoms with Gasteiger partial charge in [0.15, 0.2) is 0 Å². The van der Waals surface area contributed by atoms with Gasteiger partial charge in [-0.1, -0.05) is 6.07 Å². The zero-order valence-corrected chi connectivity index (χ0v) is 20.7. The van der Waals surface area contributed by atoms with E-state index in [2.05, 4.69) is 89.1 Å². The summed E-state index contributed by atoms with van der Waals surface area (Å²) >= 11 is 0. The molecule has 0 aliphatic rings. The van der Waals surface area contributed by atoms with Crippen LogP contribution in [0.1, 0.15) is 33.6 Å². The van der Waals surface area contributed by atoms with Gasteiger partial charge < -0.3 is 15.5 Å². The molecule has 6 nitrogen and oxygen atoms in total. The Labute approximate surface area is 209 Å². The number of pyridine rings is 3. The second-order valence-electron chi connectivity index (χ2n) is 9.55. The normalized spacial score (nSPS) is 11.5. The van der Waals surface area contributed by atoms with Gasteiger partial charge in [-0.25, -0.2) is 9.97 Å². The first kappa shape index (κ1) is 22.0. The third-order valence-corrected chi connectivity index (χ3v) is 7.03. The molecular formula is C30H28N6. The number of rotatable bonds is 5. The van der Waals surface area contributed by atoms with Crippen LogP contribution >= 0.6 is 0 Å². The van der Waals surface area contributed by atoms with Crippen LogP contribution in [0, 0.1) is 20.8 Å². The van der Waals surface area contributed by atoms with Crippen molar-refractivity contribution in [2.75, 3.05) is 11.1 Å². The topological polar surface area (TPSA) is 81.1 Å². The SMILES string of the molecule is Cc1cnc2ccc(Cc3ncc4ccc(NCc5c(C)cc6c(N)nccc6c5C)cn34)cc2c1. The third kappa shape index (κ3) is 3.90. The second-order valence-corrected chi connectivity index (χ2v) is 9.55. The maximum Gasteiger partial charge on any atom is 0.131 e. The molecule has 0 fully saturated rings. The van der Waals surface area contributed by atoms with E-state index in [9.17, 15) is 0 Å². The van der Waals surface area contributed by atoms with E-state index in [-0.39, 0.29) is 0 Å². The molecule has 2 aromatic carbocycles. The lowest BCUT2D eigenvalue weighted by Crippen LogP contribution is -2.06. The van der Waals surface area contributed by atoms with E-state index in [0.29, 0.717) is 5.82 Å². The molecule has 6 aromatic rings. The van der Waals surface area contributed by atoms with Gasteiger partial charge in [-0.3, -0.25) is 4.98 Å². The average Bonchev–Trinajstić information content (AvgIpc) is 3.26. The summed E-state index contributed by atoms with van der Waals surface area (Å²) in [5.74, 6) is 1.59. The number of benzene rings is 2. The highest BCUT2D eigenvalue weighted by Crippen LogP contribution is 2.28. The number of nitrogens with zero attached hydrogens (tertiary/aromatic N) is 4. The van der Waals surface area contributed by atoms with E-state index in [1.54, 1.807) is 6.20 Å². The van der Waals surface area contributed by atoms with Crippen molar-refractivity contribution in [2.45, 2.75) is 33.7 Å². The lowest BCUT2D eigenvalue weighted by molar-refractivity contribution is 0.960. The van der Waals surface area contributed by atoms with Gasteiger partial charge in [-0.15, -0.1) is 0 Å². The van der Waals surface area contributed by atoms with Gasteiger partial charge in [-0.05, 0) is 96.4 Å². The highest BCUT2D eigenvalue weighted by molar-refractivity contribution is 5.94. The lowest BCUT2D eigenvalue weighted by Gasteiger charge is -2.16. The van der Waals surface area contributed by atoms with Crippen molar-refractivity contribution in [3.8, 4) is 0 Å². The van der Waals surface area contributed by atoms with Crippen LogP contribution in [0.3, 0.4) is 0 Å². The summed E-state index contributed by atoms with van der Waals surface area (Å²) in [6, 6.07) is 17.0. The number of aryl methyl sites for hydroxylation is 3. The van der Waals surface area contributed by atoms with Crippen molar-refractivity contribution in [1.29, 1.82) is 0 Å². The monoisotopic (exact) mass is 472 g/mol. The smallest absolute Gasteiger partial charge is 0.131 e. The van der Waals surface area contributed by atoms with E-state index in [4.69, 9.17) is 10.7 Å². The largest absolute Gasteiger partial charge is 0.383 e. The van der Waals surface area contributed by atoms with Crippen LogP contribution in [-0.4, -0.2) is 19.4 Å². The zero-order chi connectivity index (χ0) is 24.8. The van der Waals surface area contributed by atoms with Crippen LogP contribution < -0.4 is 11.1 Å². The molecule has 0 atom stereocenters. The van der Waals surface area contributed by atoms with Gasteiger partial charge in [0.1, 0.15) is 11.6 Å². The van der Waals surface area contributed by atoms with Crippen molar-refractivity contribution in [3.05, 3.63) is 107 Å². The fourth-order valence-corrected chi connectivity index (χ4v) is 5.06. The van der Waals surface area contributed by atoms with Crippen LogP contribution in [0.4, 0.5) is 11.5 Å². The maximum atomic E-state index is 6.12. The summed E-state index contributed by atoms with van der Waals surface area (Å²) in [6.45, 7) is 7.09. The first-order chi connectivity index (χ1) is 17.5. The van der Waals surface area contributed by atoms with E-state index in [0.717, 1.165) is 51.7 Å². The van der Waals surface area contributed by atoms with Gasteiger partial charge in [0, 0.05) is 42.3 Å². The molecule has 6 heteroatoms. The number of anilines is 2. The summed E-state index contributed by atoms with van der Waals surface area (Å²) in [4.78, 5) is 13.5. The molecule has 6 rings (SSSR count). The lowest BCUT2D eigenvalue weighted by atomic mass is 9.96. The Kier molecular flexibility index (Phi) is 5.29. The van der Waals surface area contributed by atoms with Gasteiger partial charge in [0.2, 0.25) is 0 Å². The maximum absolute atomic E-state index is 6.12. The van der Waals surface area contributed by atoms with Crippen molar-refractivity contribution in [1.82, 2.24) is 19.4 Å². The Morgan fingerprint density at radius 2 is 1.78 bits per heavy atom. The number of nitrogen functional groups attached to an aromatic ring is 1. The summed E-state index contributed by atoms with van der Waals surface area (Å²) in [6.07, 6.45) is 8.50. The molecular weight excluding hydrogens is 444 g/mol. The summed E-state index contributed by atoms with van der Waals surface area (Å²) < 4.78 is 2.17. The van der Waals surface area contributed by atoms with Crippen molar-refractivity contribution in [3.63, 3.8) is 0 Å². The Morgan fingerprint density at radius 1 is 0.889 bits per heavy atom. The zero-order valence-electron chi connectivity index (χ0n) is 20.7. The molecule has 0 saturated carbocycles. The van der Waals surface area contributed by atoms with Crippen molar-refractivity contribution >= 4 is 38.7 Å². The molecule has 0 bridgehead atoms. The van der Waals surface area contributed by atoms with Crippen LogP contribution in [0.25, 0.3) is 27.2 Å². The molecule has 3 N–H and O–H groups in total. The predicted octanol–water partition coefficient (Wildman–Crippen LogP) is 6.14. The van der Waals surface area contributed by atoms with Crippen molar-refractivity contribution in [2.24, 2.45) is 0 Å². The molecule has 4 heterocycles. The molecule has 0 spiro atoms. The second kappa shape index (κ2) is 8.64. The fourth-order valence-electron chi connectivity index (χ4n) is 5.06. The Bertz CT molecular complexity index is 1770. The Hall–Kier alpha value is -4.45. The molecule has 0 unspecified atom stereocenters. The van der Waals surface area contributed by atoms with Crippen LogP contribution in [0.2, 0.25) is 0 Å². The highest BCUT2D eigenvalue weighted by atomic mass is 15.0. The third-order valence-electron chi connectivity index (χ3n) is 7.03. The van der Waals surface area contributed by atoms with Crippen molar-refractivity contribution < 1.29 is 0 Å². The minimum absolute atomic E-state index is 0.578. The first-order valence-corrected chi connectivity index (χ1v) is 12.1.